The molecule has 2 aromatic heterocycles. The number of nitrogens with zero attached hydrogens (tertiary/aromatic N) is 6. The predicted octanol–water partition coefficient (Wildman–Crippen LogP) is 2.11. The molecular weight excluding hydrogens is 324 g/mol. The molecule has 2 fully saturated rings. The second-order valence-electron chi connectivity index (χ2n) is 8.03. The van der Waals surface area contributed by atoms with E-state index in [-0.39, 0.29) is 0 Å². The normalized spacial score (nSPS) is 22.9. The minimum absolute atomic E-state index is 0.820. The molecule has 0 radical (unpaired) electrons. The van der Waals surface area contributed by atoms with Crippen molar-refractivity contribution in [2.75, 3.05) is 57.8 Å². The molecule has 0 unspecified atom stereocenters. The predicted molar refractivity (Wildman–Crippen MR) is 106 cm³/mol. The number of likely N-dealkylation sites (tertiary alicyclic amines) is 1. The van der Waals surface area contributed by atoms with Gasteiger partial charge in [-0.2, -0.15) is 0 Å². The minimum atomic E-state index is 0.820. The number of fused-ring (bicyclic) bond motifs is 1. The number of pyridine rings is 1. The smallest absolute Gasteiger partial charge is 0.165 e. The quantitative estimate of drug-likeness (QED) is 0.841. The number of aryl methyl sites for hydroxylation is 2. The van der Waals surface area contributed by atoms with Gasteiger partial charge in [0.25, 0.3) is 0 Å². The molecule has 6 nitrogen and oxygen atoms in total. The molecule has 2 aliphatic heterocycles. The van der Waals surface area contributed by atoms with Crippen molar-refractivity contribution in [3.05, 3.63) is 23.7 Å². The van der Waals surface area contributed by atoms with Crippen LogP contribution in [0.1, 0.15) is 24.1 Å². The Morgan fingerprint density at radius 3 is 2.65 bits per heavy atom. The number of piperazine rings is 1. The average Bonchev–Trinajstić information content (AvgIpc) is 2.61. The van der Waals surface area contributed by atoms with Crippen molar-refractivity contribution in [3.8, 4) is 0 Å². The summed E-state index contributed by atoms with van der Waals surface area (Å²) in [4.78, 5) is 21.1. The Labute approximate surface area is 156 Å². The zero-order chi connectivity index (χ0) is 18.1. The number of anilines is 1. The van der Waals surface area contributed by atoms with Gasteiger partial charge in [-0.05, 0) is 57.8 Å². The molecule has 2 aromatic rings. The summed E-state index contributed by atoms with van der Waals surface area (Å²) in [6.07, 6.45) is 4.39. The fourth-order valence-corrected chi connectivity index (χ4v) is 4.56. The highest BCUT2D eigenvalue weighted by molar-refractivity contribution is 5.90. The number of rotatable bonds is 3. The lowest BCUT2D eigenvalue weighted by Gasteiger charge is -2.39. The van der Waals surface area contributed by atoms with E-state index in [9.17, 15) is 0 Å². The zero-order valence-corrected chi connectivity index (χ0v) is 16.3. The van der Waals surface area contributed by atoms with E-state index in [2.05, 4.69) is 49.7 Å². The van der Waals surface area contributed by atoms with Crippen LogP contribution < -0.4 is 4.90 Å². The molecule has 0 saturated carbocycles. The Morgan fingerprint density at radius 2 is 1.88 bits per heavy atom. The third-order valence-corrected chi connectivity index (χ3v) is 5.82. The monoisotopic (exact) mass is 354 g/mol. The van der Waals surface area contributed by atoms with Crippen molar-refractivity contribution in [3.63, 3.8) is 0 Å². The van der Waals surface area contributed by atoms with Crippen molar-refractivity contribution in [2.45, 2.75) is 26.7 Å². The van der Waals surface area contributed by atoms with Crippen molar-refractivity contribution in [2.24, 2.45) is 5.92 Å². The van der Waals surface area contributed by atoms with E-state index >= 15 is 0 Å². The van der Waals surface area contributed by atoms with Crippen LogP contribution in [0.25, 0.3) is 11.0 Å². The highest BCUT2D eigenvalue weighted by Crippen LogP contribution is 2.27. The second kappa shape index (κ2) is 7.45. The van der Waals surface area contributed by atoms with Crippen LogP contribution in [0, 0.1) is 19.8 Å². The van der Waals surface area contributed by atoms with E-state index < -0.39 is 0 Å². The summed E-state index contributed by atoms with van der Waals surface area (Å²) in [5.41, 5.74) is 3.05. The van der Waals surface area contributed by atoms with Gasteiger partial charge in [0.2, 0.25) is 0 Å². The van der Waals surface area contributed by atoms with Crippen LogP contribution in [0.4, 0.5) is 5.82 Å². The van der Waals surface area contributed by atoms with Gasteiger partial charge in [-0.15, -0.1) is 0 Å². The Balaban J connectivity index is 1.44. The van der Waals surface area contributed by atoms with Crippen LogP contribution in [0.3, 0.4) is 0 Å². The average molecular weight is 355 g/mol. The molecule has 0 bridgehead atoms. The first-order valence-electron chi connectivity index (χ1n) is 9.85. The highest BCUT2D eigenvalue weighted by atomic mass is 15.3. The van der Waals surface area contributed by atoms with Crippen LogP contribution in [-0.4, -0.2) is 77.6 Å². The molecule has 6 heteroatoms. The highest BCUT2D eigenvalue weighted by Gasteiger charge is 2.24. The molecule has 0 spiro atoms. The summed E-state index contributed by atoms with van der Waals surface area (Å²) in [5.74, 6) is 1.88. The third-order valence-electron chi connectivity index (χ3n) is 5.82. The largest absolute Gasteiger partial charge is 0.353 e. The number of hydrogen-bond donors (Lipinski definition) is 0. The molecule has 26 heavy (non-hydrogen) atoms. The van der Waals surface area contributed by atoms with Gasteiger partial charge >= 0.3 is 0 Å². The topological polar surface area (TPSA) is 48.4 Å². The van der Waals surface area contributed by atoms with E-state index in [1.807, 2.05) is 6.92 Å². The van der Waals surface area contributed by atoms with E-state index in [4.69, 9.17) is 0 Å². The first kappa shape index (κ1) is 17.6. The van der Waals surface area contributed by atoms with Gasteiger partial charge in [0.15, 0.2) is 5.65 Å². The zero-order valence-electron chi connectivity index (χ0n) is 16.3. The van der Waals surface area contributed by atoms with Crippen LogP contribution in [0.15, 0.2) is 12.4 Å². The van der Waals surface area contributed by atoms with E-state index in [0.29, 0.717) is 0 Å². The molecule has 140 valence electrons. The van der Waals surface area contributed by atoms with Crippen molar-refractivity contribution < 1.29 is 0 Å². The molecule has 0 aliphatic carbocycles. The summed E-state index contributed by atoms with van der Waals surface area (Å²) in [6.45, 7) is 12.2. The first-order chi connectivity index (χ1) is 12.6. The Hall–Kier alpha value is -1.79. The third kappa shape index (κ3) is 3.67. The maximum absolute atomic E-state index is 4.62. The van der Waals surface area contributed by atoms with Gasteiger partial charge in [0.1, 0.15) is 12.1 Å². The van der Waals surface area contributed by atoms with E-state index in [1.165, 1.54) is 38.0 Å². The fraction of sp³-hybridized carbons (Fsp3) is 0.650. The van der Waals surface area contributed by atoms with Crippen LogP contribution >= 0.6 is 0 Å². The van der Waals surface area contributed by atoms with Crippen LogP contribution in [0.2, 0.25) is 0 Å². The van der Waals surface area contributed by atoms with Gasteiger partial charge in [0.05, 0.1) is 5.39 Å². The molecule has 1 atom stereocenters. The molecule has 2 aliphatic rings. The second-order valence-corrected chi connectivity index (χ2v) is 8.03. The van der Waals surface area contributed by atoms with Gasteiger partial charge in [0, 0.05) is 45.0 Å². The number of piperidine rings is 1. The van der Waals surface area contributed by atoms with Crippen molar-refractivity contribution >= 4 is 16.9 Å². The van der Waals surface area contributed by atoms with E-state index in [0.717, 1.165) is 54.6 Å². The fourth-order valence-electron chi connectivity index (χ4n) is 4.56. The molecule has 0 aromatic carbocycles. The van der Waals surface area contributed by atoms with Gasteiger partial charge in [-0.3, -0.25) is 4.90 Å². The summed E-state index contributed by atoms with van der Waals surface area (Å²) < 4.78 is 0. The van der Waals surface area contributed by atoms with Gasteiger partial charge < -0.3 is 9.80 Å². The molecule has 2 saturated heterocycles. The Morgan fingerprint density at radius 1 is 1.08 bits per heavy atom. The maximum Gasteiger partial charge on any atom is 0.165 e. The standard InChI is InChI=1S/C20H30N6/c1-15-11-16(2)23-19-18(15)20(22-14-21-19)26-9-7-25(8-10-26)13-17-5-4-6-24(3)12-17/h11,14,17H,4-10,12-13H2,1-3H3/t17-/m0/s1. The van der Waals surface area contributed by atoms with Crippen molar-refractivity contribution in [1.82, 2.24) is 24.8 Å². The van der Waals surface area contributed by atoms with Crippen molar-refractivity contribution in [1.29, 1.82) is 0 Å². The molecule has 0 amide bonds. The lowest BCUT2D eigenvalue weighted by Crippen LogP contribution is -2.49. The molecule has 4 rings (SSSR count). The Kier molecular flexibility index (Phi) is 5.05. The molecule has 0 N–H and O–H groups in total. The number of aromatic nitrogens is 3. The SMILES string of the molecule is Cc1cc(C)c2c(N3CCN(C[C@H]4CCCN(C)C4)CC3)ncnc2n1. The number of hydrogen-bond acceptors (Lipinski definition) is 6. The van der Waals surface area contributed by atoms with Gasteiger partial charge in [-0.1, -0.05) is 0 Å². The summed E-state index contributed by atoms with van der Waals surface area (Å²) in [7, 11) is 2.25. The Bertz CT molecular complexity index is 768. The maximum atomic E-state index is 4.62. The van der Waals surface area contributed by atoms with Crippen LogP contribution in [0.5, 0.6) is 0 Å². The summed E-state index contributed by atoms with van der Waals surface area (Å²) in [5, 5.41) is 1.11. The van der Waals surface area contributed by atoms with E-state index in [1.54, 1.807) is 6.33 Å². The lowest BCUT2D eigenvalue weighted by molar-refractivity contribution is 0.147. The minimum Gasteiger partial charge on any atom is -0.353 e. The molecular formula is C20H30N6. The lowest BCUT2D eigenvalue weighted by atomic mass is 9.97. The summed E-state index contributed by atoms with van der Waals surface area (Å²) in [6, 6.07) is 2.13. The van der Waals surface area contributed by atoms with Gasteiger partial charge in [-0.25, -0.2) is 15.0 Å². The summed E-state index contributed by atoms with van der Waals surface area (Å²) >= 11 is 0. The molecule has 4 heterocycles. The first-order valence-corrected chi connectivity index (χ1v) is 9.85. The van der Waals surface area contributed by atoms with Crippen LogP contribution in [-0.2, 0) is 0 Å².